The van der Waals surface area contributed by atoms with Crippen LogP contribution in [0.5, 0.6) is 0 Å². The number of carbonyl (C=O) groups is 1. The number of hydrogen-bond acceptors (Lipinski definition) is 3. The summed E-state index contributed by atoms with van der Waals surface area (Å²) in [7, 11) is 0. The number of unbranched alkanes of at least 4 members (excludes halogenated alkanes) is 2. The molecule has 4 nitrogen and oxygen atoms in total. The molecule has 2 aromatic rings. The van der Waals surface area contributed by atoms with E-state index in [0.29, 0.717) is 0 Å². The van der Waals surface area contributed by atoms with Crippen LogP contribution in [0.15, 0.2) is 40.9 Å². The highest BCUT2D eigenvalue weighted by Crippen LogP contribution is 2.48. The Labute approximate surface area is 130 Å². The minimum Gasteiger partial charge on any atom is -0.356 e. The summed E-state index contributed by atoms with van der Waals surface area (Å²) in [5.41, 5.74) is 1.29. The largest absolute Gasteiger partial charge is 0.356 e. The van der Waals surface area contributed by atoms with Crippen LogP contribution in [0.25, 0.3) is 11.3 Å². The molecule has 4 heteroatoms. The molecule has 1 aliphatic carbocycles. The van der Waals surface area contributed by atoms with Crippen molar-refractivity contribution < 1.29 is 9.32 Å². The van der Waals surface area contributed by atoms with E-state index >= 15 is 0 Å². The smallest absolute Gasteiger partial charge is 0.232 e. The van der Waals surface area contributed by atoms with Crippen molar-refractivity contribution in [3.8, 4) is 11.3 Å². The third-order valence-corrected chi connectivity index (χ3v) is 4.31. The second-order valence-electron chi connectivity index (χ2n) is 5.99. The van der Waals surface area contributed by atoms with Gasteiger partial charge >= 0.3 is 0 Å². The van der Waals surface area contributed by atoms with E-state index in [0.717, 1.165) is 55.7 Å². The summed E-state index contributed by atoms with van der Waals surface area (Å²) in [6.45, 7) is 2.91. The molecule has 22 heavy (non-hydrogen) atoms. The normalized spacial score (nSPS) is 15.5. The van der Waals surface area contributed by atoms with Crippen LogP contribution in [0.4, 0.5) is 0 Å². The Morgan fingerprint density at radius 3 is 2.73 bits per heavy atom. The SMILES string of the molecule is CCCCCNC(=O)C1(c2cc(-c3ccccc3)on2)CC1. The highest BCUT2D eigenvalue weighted by molar-refractivity contribution is 5.91. The predicted molar refractivity (Wildman–Crippen MR) is 85.4 cm³/mol. The van der Waals surface area contributed by atoms with Crippen molar-refractivity contribution in [3.63, 3.8) is 0 Å². The molecule has 0 radical (unpaired) electrons. The van der Waals surface area contributed by atoms with E-state index in [4.69, 9.17) is 4.52 Å². The van der Waals surface area contributed by atoms with E-state index in [2.05, 4.69) is 17.4 Å². The molecule has 1 N–H and O–H groups in total. The zero-order valence-corrected chi connectivity index (χ0v) is 13.0. The fraction of sp³-hybridized carbons (Fsp3) is 0.444. The zero-order valence-electron chi connectivity index (χ0n) is 13.0. The topological polar surface area (TPSA) is 55.1 Å². The summed E-state index contributed by atoms with van der Waals surface area (Å²) in [6.07, 6.45) is 5.05. The molecule has 116 valence electrons. The summed E-state index contributed by atoms with van der Waals surface area (Å²) in [5, 5.41) is 7.20. The van der Waals surface area contributed by atoms with E-state index in [1.165, 1.54) is 0 Å². The molecule has 0 unspecified atom stereocenters. The molecular formula is C18H22N2O2. The van der Waals surface area contributed by atoms with Gasteiger partial charge in [-0.25, -0.2) is 0 Å². The van der Waals surface area contributed by atoms with Gasteiger partial charge in [-0.2, -0.15) is 0 Å². The molecule has 3 rings (SSSR count). The van der Waals surface area contributed by atoms with Crippen LogP contribution >= 0.6 is 0 Å². The molecule has 0 atom stereocenters. The number of nitrogens with one attached hydrogen (secondary N) is 1. The first-order chi connectivity index (χ1) is 10.8. The van der Waals surface area contributed by atoms with Gasteiger partial charge < -0.3 is 9.84 Å². The van der Waals surface area contributed by atoms with Gasteiger partial charge in [0.05, 0.1) is 11.1 Å². The Bertz CT molecular complexity index is 630. The lowest BCUT2D eigenvalue weighted by molar-refractivity contribution is -0.123. The average Bonchev–Trinajstić information content (AvgIpc) is 3.22. The van der Waals surface area contributed by atoms with Gasteiger partial charge in [0.25, 0.3) is 0 Å². The number of hydrogen-bond donors (Lipinski definition) is 1. The van der Waals surface area contributed by atoms with Crippen LogP contribution in [-0.4, -0.2) is 17.6 Å². The van der Waals surface area contributed by atoms with Crippen molar-refractivity contribution in [1.82, 2.24) is 10.5 Å². The molecule has 1 saturated carbocycles. The van der Waals surface area contributed by atoms with Crippen LogP contribution in [-0.2, 0) is 10.2 Å². The van der Waals surface area contributed by atoms with Gasteiger partial charge in [0.1, 0.15) is 0 Å². The first kappa shape index (κ1) is 14.8. The minimum absolute atomic E-state index is 0.0940. The van der Waals surface area contributed by atoms with Crippen LogP contribution in [0.1, 0.15) is 44.7 Å². The maximum atomic E-state index is 12.4. The van der Waals surface area contributed by atoms with Crippen LogP contribution in [0.2, 0.25) is 0 Å². The molecule has 1 fully saturated rings. The van der Waals surface area contributed by atoms with Crippen molar-refractivity contribution in [3.05, 3.63) is 42.1 Å². The first-order valence-electron chi connectivity index (χ1n) is 8.07. The number of carbonyl (C=O) groups excluding carboxylic acids is 1. The molecule has 0 spiro atoms. The number of nitrogens with zero attached hydrogens (tertiary/aromatic N) is 1. The number of aromatic nitrogens is 1. The first-order valence-corrected chi connectivity index (χ1v) is 8.07. The maximum absolute atomic E-state index is 12.4. The predicted octanol–water partition coefficient (Wildman–Crippen LogP) is 3.68. The minimum atomic E-state index is -0.456. The lowest BCUT2D eigenvalue weighted by atomic mass is 10.0. The Morgan fingerprint density at radius 1 is 1.27 bits per heavy atom. The lowest BCUT2D eigenvalue weighted by Gasteiger charge is -2.12. The molecule has 0 aliphatic heterocycles. The summed E-state index contributed by atoms with van der Waals surface area (Å²) >= 11 is 0. The molecule has 1 aromatic carbocycles. The molecule has 0 saturated heterocycles. The van der Waals surface area contributed by atoms with Gasteiger partial charge in [0.15, 0.2) is 5.76 Å². The molecule has 1 amide bonds. The third kappa shape index (κ3) is 2.91. The van der Waals surface area contributed by atoms with E-state index in [9.17, 15) is 4.79 Å². The standard InChI is InChI=1S/C18H22N2O2/c1-2-3-7-12-19-17(21)18(10-11-18)16-13-15(22-20-16)14-8-5-4-6-9-14/h4-6,8-9,13H,2-3,7,10-12H2,1H3,(H,19,21). The quantitative estimate of drug-likeness (QED) is 0.793. The van der Waals surface area contributed by atoms with Crippen molar-refractivity contribution in [1.29, 1.82) is 0 Å². The van der Waals surface area contributed by atoms with Crippen molar-refractivity contribution in [2.45, 2.75) is 44.4 Å². The lowest BCUT2D eigenvalue weighted by Crippen LogP contribution is -2.35. The van der Waals surface area contributed by atoms with Gasteiger partial charge in [-0.15, -0.1) is 0 Å². The molecule has 1 aromatic heterocycles. The fourth-order valence-electron chi connectivity index (χ4n) is 2.71. The van der Waals surface area contributed by atoms with Gasteiger partial charge in [-0.1, -0.05) is 55.3 Å². The molecular weight excluding hydrogens is 276 g/mol. The van der Waals surface area contributed by atoms with Gasteiger partial charge in [0, 0.05) is 18.2 Å². The third-order valence-electron chi connectivity index (χ3n) is 4.31. The number of rotatable bonds is 7. The maximum Gasteiger partial charge on any atom is 0.232 e. The molecule has 1 heterocycles. The monoisotopic (exact) mass is 298 g/mol. The molecule has 0 bridgehead atoms. The Balaban J connectivity index is 1.68. The summed E-state index contributed by atoms with van der Waals surface area (Å²) in [5.74, 6) is 0.817. The number of benzene rings is 1. The zero-order chi connectivity index (χ0) is 15.4. The van der Waals surface area contributed by atoms with Gasteiger partial charge in [0.2, 0.25) is 5.91 Å². The van der Waals surface area contributed by atoms with Crippen molar-refractivity contribution in [2.75, 3.05) is 6.54 Å². The Morgan fingerprint density at radius 2 is 2.05 bits per heavy atom. The summed E-state index contributed by atoms with van der Waals surface area (Å²) in [4.78, 5) is 12.4. The second-order valence-corrected chi connectivity index (χ2v) is 5.99. The fourth-order valence-corrected chi connectivity index (χ4v) is 2.71. The van der Waals surface area contributed by atoms with E-state index < -0.39 is 5.41 Å². The summed E-state index contributed by atoms with van der Waals surface area (Å²) in [6, 6.07) is 11.8. The summed E-state index contributed by atoms with van der Waals surface area (Å²) < 4.78 is 5.44. The Hall–Kier alpha value is -2.10. The van der Waals surface area contributed by atoms with E-state index in [1.54, 1.807) is 0 Å². The van der Waals surface area contributed by atoms with Crippen molar-refractivity contribution in [2.24, 2.45) is 0 Å². The average molecular weight is 298 g/mol. The number of amides is 1. The molecule has 1 aliphatic rings. The highest BCUT2D eigenvalue weighted by Gasteiger charge is 2.53. The highest BCUT2D eigenvalue weighted by atomic mass is 16.5. The van der Waals surface area contributed by atoms with Crippen LogP contribution in [0, 0.1) is 0 Å². The van der Waals surface area contributed by atoms with Crippen LogP contribution < -0.4 is 5.32 Å². The second kappa shape index (κ2) is 6.34. The van der Waals surface area contributed by atoms with Crippen LogP contribution in [0.3, 0.4) is 0 Å². The Kier molecular flexibility index (Phi) is 4.27. The van der Waals surface area contributed by atoms with E-state index in [1.807, 2.05) is 36.4 Å². The van der Waals surface area contributed by atoms with E-state index in [-0.39, 0.29) is 5.91 Å². The van der Waals surface area contributed by atoms with Crippen molar-refractivity contribution >= 4 is 5.91 Å². The van der Waals surface area contributed by atoms with Gasteiger partial charge in [-0.3, -0.25) is 4.79 Å². The van der Waals surface area contributed by atoms with Gasteiger partial charge in [-0.05, 0) is 19.3 Å².